The zero-order valence-corrected chi connectivity index (χ0v) is 14.1. The first kappa shape index (κ1) is 16.6. The first-order valence-electron chi connectivity index (χ1n) is 8.44. The number of rotatable bonds is 6. The number of ether oxygens (including phenoxy) is 1. The molecule has 1 saturated heterocycles. The fraction of sp³-hybridized carbons (Fsp3) is 0.500. The van der Waals surface area contributed by atoms with Gasteiger partial charge in [-0.1, -0.05) is 0 Å². The van der Waals surface area contributed by atoms with Crippen LogP contribution >= 0.6 is 0 Å². The average Bonchev–Trinajstić information content (AvgIpc) is 3.09. The lowest BCUT2D eigenvalue weighted by molar-refractivity contribution is -0.131. The first-order chi connectivity index (χ1) is 11.8. The third-order valence-electron chi connectivity index (χ3n) is 4.53. The molecule has 3 heterocycles. The minimum Gasteiger partial charge on any atom is -0.383 e. The Balaban J connectivity index is 1.64. The lowest BCUT2D eigenvalue weighted by Gasteiger charge is -2.33. The number of aromatic nitrogens is 3. The lowest BCUT2D eigenvalue weighted by Crippen LogP contribution is -2.40. The first-order valence-corrected chi connectivity index (χ1v) is 8.44. The predicted molar refractivity (Wildman–Crippen MR) is 90.6 cm³/mol. The molecule has 6 heteroatoms. The smallest absolute Gasteiger partial charge is 0.227 e. The summed E-state index contributed by atoms with van der Waals surface area (Å²) in [6.07, 6.45) is 9.82. The summed E-state index contributed by atoms with van der Waals surface area (Å²) >= 11 is 0. The molecule has 24 heavy (non-hydrogen) atoms. The second kappa shape index (κ2) is 8.06. The van der Waals surface area contributed by atoms with E-state index in [0.29, 0.717) is 18.9 Å². The Labute approximate surface area is 142 Å². The fourth-order valence-electron chi connectivity index (χ4n) is 3.26. The van der Waals surface area contributed by atoms with Crippen LogP contribution in [0.3, 0.4) is 0 Å². The second-order valence-electron chi connectivity index (χ2n) is 6.18. The van der Waals surface area contributed by atoms with Crippen LogP contribution in [0.1, 0.15) is 30.1 Å². The van der Waals surface area contributed by atoms with Crippen molar-refractivity contribution in [3.8, 4) is 0 Å². The number of likely N-dealkylation sites (tertiary alicyclic amines) is 1. The molecule has 2 aromatic heterocycles. The molecule has 1 fully saturated rings. The molecule has 0 bridgehead atoms. The number of piperidine rings is 1. The second-order valence-corrected chi connectivity index (χ2v) is 6.18. The van der Waals surface area contributed by atoms with Crippen LogP contribution in [0.2, 0.25) is 0 Å². The molecular weight excluding hydrogens is 304 g/mol. The quantitative estimate of drug-likeness (QED) is 0.812. The molecule has 2 aromatic rings. The summed E-state index contributed by atoms with van der Waals surface area (Å²) in [5.41, 5.74) is 1.01. The van der Waals surface area contributed by atoms with E-state index < -0.39 is 0 Å². The molecule has 0 unspecified atom stereocenters. The summed E-state index contributed by atoms with van der Waals surface area (Å²) in [6.45, 7) is 3.04. The summed E-state index contributed by atoms with van der Waals surface area (Å²) < 4.78 is 7.31. The van der Waals surface area contributed by atoms with Crippen LogP contribution in [0.25, 0.3) is 0 Å². The lowest BCUT2D eigenvalue weighted by atomic mass is 9.96. The maximum absolute atomic E-state index is 12.6. The van der Waals surface area contributed by atoms with Gasteiger partial charge in [0.15, 0.2) is 0 Å². The summed E-state index contributed by atoms with van der Waals surface area (Å²) in [5.74, 6) is 1.54. The third-order valence-corrected chi connectivity index (χ3v) is 4.53. The Bertz CT molecular complexity index is 656. The molecule has 0 aliphatic carbocycles. The molecule has 1 aliphatic heterocycles. The van der Waals surface area contributed by atoms with Crippen molar-refractivity contribution >= 4 is 5.91 Å². The molecule has 0 saturated carbocycles. The molecule has 0 aromatic carbocycles. The van der Waals surface area contributed by atoms with Crippen LogP contribution in [0, 0.1) is 0 Å². The van der Waals surface area contributed by atoms with Crippen LogP contribution < -0.4 is 0 Å². The molecule has 0 N–H and O–H groups in total. The predicted octanol–water partition coefficient (Wildman–Crippen LogP) is 1.87. The van der Waals surface area contributed by atoms with Gasteiger partial charge in [0, 0.05) is 57.4 Å². The highest BCUT2D eigenvalue weighted by atomic mass is 16.5. The van der Waals surface area contributed by atoms with Gasteiger partial charge in [-0.05, 0) is 30.5 Å². The van der Waals surface area contributed by atoms with Gasteiger partial charge in [0.05, 0.1) is 13.0 Å². The number of hydrogen-bond donors (Lipinski definition) is 0. The average molecular weight is 328 g/mol. The molecule has 1 amide bonds. The third kappa shape index (κ3) is 4.00. The minimum atomic E-state index is 0.181. The van der Waals surface area contributed by atoms with Gasteiger partial charge in [0.25, 0.3) is 0 Å². The Morgan fingerprint density at radius 3 is 2.96 bits per heavy atom. The number of pyridine rings is 1. The highest BCUT2D eigenvalue weighted by molar-refractivity contribution is 5.78. The van der Waals surface area contributed by atoms with Gasteiger partial charge in [-0.15, -0.1) is 0 Å². The van der Waals surface area contributed by atoms with Crippen LogP contribution in [0.15, 0.2) is 36.9 Å². The van der Waals surface area contributed by atoms with Gasteiger partial charge >= 0.3 is 0 Å². The molecule has 1 aliphatic rings. The number of carbonyl (C=O) groups excluding carboxylic acids is 1. The summed E-state index contributed by atoms with van der Waals surface area (Å²) in [7, 11) is 1.71. The topological polar surface area (TPSA) is 60.2 Å². The Morgan fingerprint density at radius 2 is 2.17 bits per heavy atom. The van der Waals surface area contributed by atoms with E-state index in [1.165, 1.54) is 0 Å². The van der Waals surface area contributed by atoms with Gasteiger partial charge in [0.2, 0.25) is 5.91 Å². The van der Waals surface area contributed by atoms with Gasteiger partial charge in [-0.3, -0.25) is 9.78 Å². The van der Waals surface area contributed by atoms with E-state index >= 15 is 0 Å². The van der Waals surface area contributed by atoms with Gasteiger partial charge in [-0.2, -0.15) is 0 Å². The van der Waals surface area contributed by atoms with Crippen molar-refractivity contribution in [2.24, 2.45) is 0 Å². The number of imidazole rings is 1. The van der Waals surface area contributed by atoms with Crippen LogP contribution in [0.4, 0.5) is 0 Å². The van der Waals surface area contributed by atoms with Crippen molar-refractivity contribution in [1.82, 2.24) is 19.4 Å². The standard InChI is InChI=1S/C18H24N4O2/c1-24-12-11-21-10-8-20-18(21)16-3-2-9-22(14-16)17(23)13-15-4-6-19-7-5-15/h4-8,10,16H,2-3,9,11-14H2,1H3/t16-/m0/s1. The molecule has 3 rings (SSSR count). The fourth-order valence-corrected chi connectivity index (χ4v) is 3.26. The maximum Gasteiger partial charge on any atom is 0.227 e. The van der Waals surface area contributed by atoms with Gasteiger partial charge in [0.1, 0.15) is 5.82 Å². The van der Waals surface area contributed by atoms with E-state index in [1.807, 2.05) is 29.4 Å². The van der Waals surface area contributed by atoms with E-state index in [-0.39, 0.29) is 5.91 Å². The van der Waals surface area contributed by atoms with Gasteiger partial charge < -0.3 is 14.2 Å². The van der Waals surface area contributed by atoms with E-state index in [2.05, 4.69) is 14.5 Å². The monoisotopic (exact) mass is 328 g/mol. The molecule has 6 nitrogen and oxygen atoms in total. The number of nitrogens with zero attached hydrogens (tertiary/aromatic N) is 4. The highest BCUT2D eigenvalue weighted by Gasteiger charge is 2.27. The molecular formula is C18H24N4O2. The summed E-state index contributed by atoms with van der Waals surface area (Å²) in [5, 5.41) is 0. The minimum absolute atomic E-state index is 0.181. The van der Waals surface area contributed by atoms with Crippen molar-refractivity contribution in [3.63, 3.8) is 0 Å². The normalized spacial score (nSPS) is 17.9. The van der Waals surface area contributed by atoms with E-state index in [4.69, 9.17) is 4.74 Å². The van der Waals surface area contributed by atoms with E-state index in [9.17, 15) is 4.79 Å². The SMILES string of the molecule is COCCn1ccnc1[C@H]1CCCN(C(=O)Cc2ccncc2)C1. The molecule has 0 spiro atoms. The molecule has 0 radical (unpaired) electrons. The Morgan fingerprint density at radius 1 is 1.33 bits per heavy atom. The Kier molecular flexibility index (Phi) is 5.59. The zero-order valence-electron chi connectivity index (χ0n) is 14.1. The van der Waals surface area contributed by atoms with Gasteiger partial charge in [-0.25, -0.2) is 4.98 Å². The molecule has 1 atom stereocenters. The van der Waals surface area contributed by atoms with Crippen LogP contribution in [0.5, 0.6) is 0 Å². The van der Waals surface area contributed by atoms with E-state index in [1.54, 1.807) is 19.5 Å². The van der Waals surface area contributed by atoms with Crippen LogP contribution in [-0.4, -0.2) is 52.1 Å². The largest absolute Gasteiger partial charge is 0.383 e. The van der Waals surface area contributed by atoms with Crippen molar-refractivity contribution in [1.29, 1.82) is 0 Å². The summed E-state index contributed by atoms with van der Waals surface area (Å²) in [4.78, 5) is 23.1. The highest BCUT2D eigenvalue weighted by Crippen LogP contribution is 2.26. The number of amides is 1. The van der Waals surface area contributed by atoms with Crippen molar-refractivity contribution in [3.05, 3.63) is 48.3 Å². The van der Waals surface area contributed by atoms with Crippen molar-refractivity contribution in [2.45, 2.75) is 31.7 Å². The number of carbonyl (C=O) groups is 1. The summed E-state index contributed by atoms with van der Waals surface area (Å²) in [6, 6.07) is 3.80. The Hall–Kier alpha value is -2.21. The number of hydrogen-bond acceptors (Lipinski definition) is 4. The van der Waals surface area contributed by atoms with Crippen molar-refractivity contribution < 1.29 is 9.53 Å². The van der Waals surface area contributed by atoms with E-state index in [0.717, 1.165) is 43.9 Å². The van der Waals surface area contributed by atoms with Crippen LogP contribution in [-0.2, 0) is 22.5 Å². The van der Waals surface area contributed by atoms with Crippen molar-refractivity contribution in [2.75, 3.05) is 26.8 Å². The molecule has 128 valence electrons. The maximum atomic E-state index is 12.6. The zero-order chi connectivity index (χ0) is 16.8. The number of methoxy groups -OCH3 is 1.